The van der Waals surface area contributed by atoms with Crippen LogP contribution in [0.4, 0.5) is 0 Å². The molecule has 0 spiro atoms. The van der Waals surface area contributed by atoms with E-state index in [1.807, 2.05) is 42.5 Å². The van der Waals surface area contributed by atoms with Crippen molar-refractivity contribution < 1.29 is 14.6 Å². The van der Waals surface area contributed by atoms with Crippen LogP contribution in [0.5, 0.6) is 11.5 Å². The van der Waals surface area contributed by atoms with Crippen LogP contribution in [0.2, 0.25) is 5.02 Å². The van der Waals surface area contributed by atoms with Crippen LogP contribution < -0.4 is 14.8 Å². The van der Waals surface area contributed by atoms with Gasteiger partial charge in [-0.15, -0.1) is 0 Å². The fourth-order valence-corrected chi connectivity index (χ4v) is 2.39. The molecule has 0 fully saturated rings. The molecule has 2 aromatic carbocycles. The molecular formula is C17H20ClNO3. The summed E-state index contributed by atoms with van der Waals surface area (Å²) in [6.07, 6.45) is 0. The maximum Gasteiger partial charge on any atom is 0.137 e. The summed E-state index contributed by atoms with van der Waals surface area (Å²) in [5, 5.41) is 12.8. The number of para-hydroxylation sites is 1. The van der Waals surface area contributed by atoms with E-state index in [0.29, 0.717) is 30.5 Å². The van der Waals surface area contributed by atoms with E-state index in [1.54, 1.807) is 7.11 Å². The highest BCUT2D eigenvalue weighted by molar-refractivity contribution is 6.32. The third kappa shape index (κ3) is 4.63. The van der Waals surface area contributed by atoms with Crippen LogP contribution in [-0.2, 0) is 13.1 Å². The molecule has 0 aromatic heterocycles. The summed E-state index contributed by atoms with van der Waals surface area (Å²) in [6.45, 7) is 1.67. The summed E-state index contributed by atoms with van der Waals surface area (Å²) in [6, 6.07) is 13.5. The quantitative estimate of drug-likeness (QED) is 0.784. The number of hydrogen-bond acceptors (Lipinski definition) is 4. The molecule has 4 nitrogen and oxygen atoms in total. The van der Waals surface area contributed by atoms with Gasteiger partial charge in [-0.05, 0) is 23.8 Å². The third-order valence-electron chi connectivity index (χ3n) is 3.18. The van der Waals surface area contributed by atoms with Crippen molar-refractivity contribution in [3.63, 3.8) is 0 Å². The minimum absolute atomic E-state index is 0.00606. The second-order valence-corrected chi connectivity index (χ2v) is 5.16. The predicted octanol–water partition coefficient (Wildman–Crippen LogP) is 3.01. The van der Waals surface area contributed by atoms with Crippen LogP contribution in [0.15, 0.2) is 42.5 Å². The first kappa shape index (κ1) is 16.6. The molecular weight excluding hydrogens is 302 g/mol. The molecule has 22 heavy (non-hydrogen) atoms. The lowest BCUT2D eigenvalue weighted by molar-refractivity contribution is 0.200. The molecule has 2 aromatic rings. The number of ether oxygens (including phenoxy) is 2. The van der Waals surface area contributed by atoms with Crippen LogP contribution in [0, 0.1) is 0 Å². The first-order valence-corrected chi connectivity index (χ1v) is 7.47. The lowest BCUT2D eigenvalue weighted by atomic mass is 10.2. The Morgan fingerprint density at radius 3 is 2.64 bits per heavy atom. The Kier molecular flexibility index (Phi) is 6.52. The number of aliphatic hydroxyl groups excluding tert-OH is 1. The van der Waals surface area contributed by atoms with E-state index in [-0.39, 0.29) is 6.61 Å². The average Bonchev–Trinajstić information content (AvgIpc) is 2.54. The second kappa shape index (κ2) is 8.63. The zero-order valence-corrected chi connectivity index (χ0v) is 13.3. The van der Waals surface area contributed by atoms with Gasteiger partial charge in [0.05, 0.1) is 18.7 Å². The van der Waals surface area contributed by atoms with Gasteiger partial charge >= 0.3 is 0 Å². The highest BCUT2D eigenvalue weighted by atomic mass is 35.5. The van der Waals surface area contributed by atoms with Gasteiger partial charge in [-0.25, -0.2) is 0 Å². The minimum Gasteiger partial charge on any atom is -0.495 e. The SMILES string of the molecule is COc1ccc(CNCc2ccccc2OCCO)cc1Cl. The summed E-state index contributed by atoms with van der Waals surface area (Å²) in [5.41, 5.74) is 2.13. The molecule has 5 heteroatoms. The number of methoxy groups -OCH3 is 1. The summed E-state index contributed by atoms with van der Waals surface area (Å²) >= 11 is 6.11. The van der Waals surface area contributed by atoms with Crippen molar-refractivity contribution in [3.05, 3.63) is 58.6 Å². The van der Waals surface area contributed by atoms with Crippen LogP contribution in [0.1, 0.15) is 11.1 Å². The van der Waals surface area contributed by atoms with Crippen molar-refractivity contribution in [1.82, 2.24) is 5.32 Å². The van der Waals surface area contributed by atoms with E-state index in [0.717, 1.165) is 16.9 Å². The van der Waals surface area contributed by atoms with E-state index >= 15 is 0 Å². The summed E-state index contributed by atoms with van der Waals surface area (Å²) in [5.74, 6) is 1.46. The maximum absolute atomic E-state index is 8.85. The van der Waals surface area contributed by atoms with Gasteiger partial charge in [0.25, 0.3) is 0 Å². The van der Waals surface area contributed by atoms with Gasteiger partial charge in [0.2, 0.25) is 0 Å². The molecule has 0 amide bonds. The molecule has 0 unspecified atom stereocenters. The topological polar surface area (TPSA) is 50.7 Å². The van der Waals surface area contributed by atoms with E-state index in [4.69, 9.17) is 26.2 Å². The Bertz CT molecular complexity index is 604. The van der Waals surface area contributed by atoms with Gasteiger partial charge in [-0.1, -0.05) is 35.9 Å². The fourth-order valence-electron chi connectivity index (χ4n) is 2.11. The summed E-state index contributed by atoms with van der Waals surface area (Å²) in [7, 11) is 1.60. The average molecular weight is 322 g/mol. The van der Waals surface area contributed by atoms with Crippen LogP contribution in [0.25, 0.3) is 0 Å². The van der Waals surface area contributed by atoms with E-state index in [9.17, 15) is 0 Å². The lowest BCUT2D eigenvalue weighted by Gasteiger charge is -2.12. The van der Waals surface area contributed by atoms with E-state index in [1.165, 1.54) is 0 Å². The molecule has 0 saturated carbocycles. The summed E-state index contributed by atoms with van der Waals surface area (Å²) in [4.78, 5) is 0. The Labute approximate surface area is 135 Å². The van der Waals surface area contributed by atoms with Crippen molar-refractivity contribution in [1.29, 1.82) is 0 Å². The highest BCUT2D eigenvalue weighted by Gasteiger charge is 2.04. The zero-order valence-electron chi connectivity index (χ0n) is 12.5. The first-order valence-electron chi connectivity index (χ1n) is 7.09. The second-order valence-electron chi connectivity index (χ2n) is 4.75. The molecule has 0 atom stereocenters. The number of nitrogens with one attached hydrogen (secondary N) is 1. The number of halogens is 1. The monoisotopic (exact) mass is 321 g/mol. The molecule has 0 bridgehead atoms. The van der Waals surface area contributed by atoms with Crippen molar-refractivity contribution in [2.45, 2.75) is 13.1 Å². The Hall–Kier alpha value is -1.75. The normalized spacial score (nSPS) is 10.5. The maximum atomic E-state index is 8.85. The largest absolute Gasteiger partial charge is 0.495 e. The van der Waals surface area contributed by atoms with E-state index < -0.39 is 0 Å². The Balaban J connectivity index is 1.92. The van der Waals surface area contributed by atoms with Gasteiger partial charge < -0.3 is 19.9 Å². The lowest BCUT2D eigenvalue weighted by Crippen LogP contribution is -2.14. The van der Waals surface area contributed by atoms with Crippen molar-refractivity contribution in [3.8, 4) is 11.5 Å². The third-order valence-corrected chi connectivity index (χ3v) is 3.48. The molecule has 2 rings (SSSR count). The Morgan fingerprint density at radius 1 is 1.09 bits per heavy atom. The smallest absolute Gasteiger partial charge is 0.137 e. The molecule has 0 heterocycles. The number of rotatable bonds is 8. The van der Waals surface area contributed by atoms with Crippen molar-refractivity contribution >= 4 is 11.6 Å². The predicted molar refractivity (Wildman–Crippen MR) is 87.6 cm³/mol. The fraction of sp³-hybridized carbons (Fsp3) is 0.294. The van der Waals surface area contributed by atoms with Gasteiger partial charge in [0.1, 0.15) is 18.1 Å². The first-order chi connectivity index (χ1) is 10.7. The number of benzene rings is 2. The molecule has 2 N–H and O–H groups in total. The molecule has 0 aliphatic rings. The van der Waals surface area contributed by atoms with Crippen LogP contribution >= 0.6 is 11.6 Å². The van der Waals surface area contributed by atoms with E-state index in [2.05, 4.69) is 5.32 Å². The van der Waals surface area contributed by atoms with Crippen LogP contribution in [0.3, 0.4) is 0 Å². The highest BCUT2D eigenvalue weighted by Crippen LogP contribution is 2.25. The van der Waals surface area contributed by atoms with Gasteiger partial charge in [0.15, 0.2) is 0 Å². The van der Waals surface area contributed by atoms with Gasteiger partial charge in [-0.2, -0.15) is 0 Å². The summed E-state index contributed by atoms with van der Waals surface area (Å²) < 4.78 is 10.6. The van der Waals surface area contributed by atoms with Crippen LogP contribution in [-0.4, -0.2) is 25.4 Å². The van der Waals surface area contributed by atoms with Crippen molar-refractivity contribution in [2.24, 2.45) is 0 Å². The molecule has 0 aliphatic heterocycles. The van der Waals surface area contributed by atoms with Crippen molar-refractivity contribution in [2.75, 3.05) is 20.3 Å². The Morgan fingerprint density at radius 2 is 1.91 bits per heavy atom. The number of aliphatic hydroxyl groups is 1. The van der Waals surface area contributed by atoms with Gasteiger partial charge in [-0.3, -0.25) is 0 Å². The standard InChI is InChI=1S/C17H20ClNO3/c1-21-17-7-6-13(10-15(17)18)11-19-12-14-4-2-3-5-16(14)22-9-8-20/h2-7,10,19-20H,8-9,11-12H2,1H3. The molecule has 0 aliphatic carbocycles. The minimum atomic E-state index is 0.00606. The molecule has 118 valence electrons. The zero-order chi connectivity index (χ0) is 15.8. The molecule has 0 radical (unpaired) electrons. The van der Waals surface area contributed by atoms with Gasteiger partial charge in [0, 0.05) is 18.7 Å². The number of hydrogen-bond donors (Lipinski definition) is 2. The molecule has 0 saturated heterocycles.